The van der Waals surface area contributed by atoms with E-state index >= 15 is 0 Å². The summed E-state index contributed by atoms with van der Waals surface area (Å²) in [5, 5.41) is 0. The van der Waals surface area contributed by atoms with E-state index in [1.165, 1.54) is 57.8 Å². The second kappa shape index (κ2) is 9.80. The van der Waals surface area contributed by atoms with Crippen LogP contribution in [-0.4, -0.2) is 0 Å². The molecule has 0 spiro atoms. The zero-order valence-corrected chi connectivity index (χ0v) is 18.6. The van der Waals surface area contributed by atoms with Crippen LogP contribution in [-0.2, 0) is 0 Å². The lowest BCUT2D eigenvalue weighted by molar-refractivity contribution is 0.0331. The highest BCUT2D eigenvalue weighted by molar-refractivity contribution is 4.90. The SMILES string of the molecule is CCCC(C)C(C)C(CC1CCC1C)C(CC1CCC1C)C(C)CC. The molecule has 9 unspecified atom stereocenters. The molecule has 0 heterocycles. The summed E-state index contributed by atoms with van der Waals surface area (Å²) in [4.78, 5) is 0. The molecular formula is C25H48. The second-order valence-corrected chi connectivity index (χ2v) is 10.4. The molecule has 2 aliphatic rings. The lowest BCUT2D eigenvalue weighted by Gasteiger charge is -2.46. The van der Waals surface area contributed by atoms with Crippen LogP contribution < -0.4 is 0 Å². The fourth-order valence-corrected chi connectivity index (χ4v) is 5.92. The molecule has 0 saturated heterocycles. The van der Waals surface area contributed by atoms with Crippen LogP contribution in [0.4, 0.5) is 0 Å². The first kappa shape index (κ1) is 21.3. The van der Waals surface area contributed by atoms with E-state index in [-0.39, 0.29) is 0 Å². The summed E-state index contributed by atoms with van der Waals surface area (Å²) < 4.78 is 0. The third-order valence-electron chi connectivity index (χ3n) is 8.99. The maximum absolute atomic E-state index is 2.62. The standard InChI is InChI=1S/C25H48/c1-8-10-18(4)21(7)25(16-23-14-12-20(23)6)24(17(3)9-2)15-22-13-11-19(22)5/h17-25H,8-16H2,1-7H3. The molecule has 148 valence electrons. The topological polar surface area (TPSA) is 0 Å². The quantitative estimate of drug-likeness (QED) is 0.353. The summed E-state index contributed by atoms with van der Waals surface area (Å²) in [5.74, 6) is 8.72. The molecule has 0 aromatic heterocycles. The van der Waals surface area contributed by atoms with Gasteiger partial charge in [-0.3, -0.25) is 0 Å². The van der Waals surface area contributed by atoms with Gasteiger partial charge in [0.15, 0.2) is 0 Å². The summed E-state index contributed by atoms with van der Waals surface area (Å²) in [6.07, 6.45) is 13.2. The van der Waals surface area contributed by atoms with Crippen LogP contribution in [0.15, 0.2) is 0 Å². The molecule has 0 heteroatoms. The Morgan fingerprint density at radius 3 is 1.60 bits per heavy atom. The van der Waals surface area contributed by atoms with E-state index in [1.807, 2.05) is 0 Å². The Kier molecular flexibility index (Phi) is 8.35. The fraction of sp³-hybridized carbons (Fsp3) is 1.00. The summed E-state index contributed by atoms with van der Waals surface area (Å²) >= 11 is 0. The summed E-state index contributed by atoms with van der Waals surface area (Å²) in [6.45, 7) is 17.6. The van der Waals surface area contributed by atoms with Crippen LogP contribution in [0.2, 0.25) is 0 Å². The van der Waals surface area contributed by atoms with Gasteiger partial charge in [0, 0.05) is 0 Å². The van der Waals surface area contributed by atoms with Crippen molar-refractivity contribution in [1.82, 2.24) is 0 Å². The second-order valence-electron chi connectivity index (χ2n) is 10.4. The predicted molar refractivity (Wildman–Crippen MR) is 113 cm³/mol. The lowest BCUT2D eigenvalue weighted by Crippen LogP contribution is -2.38. The first-order chi connectivity index (χ1) is 11.9. The highest BCUT2D eigenvalue weighted by atomic mass is 14.5. The van der Waals surface area contributed by atoms with Gasteiger partial charge >= 0.3 is 0 Å². The Hall–Kier alpha value is 0. The molecule has 0 N–H and O–H groups in total. The minimum absolute atomic E-state index is 0.899. The van der Waals surface area contributed by atoms with Crippen molar-refractivity contribution in [3.8, 4) is 0 Å². The molecule has 0 radical (unpaired) electrons. The number of rotatable bonds is 11. The minimum Gasteiger partial charge on any atom is -0.0654 e. The molecule has 0 nitrogen and oxygen atoms in total. The predicted octanol–water partition coefficient (Wildman–Crippen LogP) is 8.21. The third kappa shape index (κ3) is 5.26. The van der Waals surface area contributed by atoms with Gasteiger partial charge in [0.25, 0.3) is 0 Å². The molecule has 25 heavy (non-hydrogen) atoms. The maximum atomic E-state index is 2.62. The maximum Gasteiger partial charge on any atom is -0.0352 e. The van der Waals surface area contributed by atoms with Crippen LogP contribution >= 0.6 is 0 Å². The first-order valence-electron chi connectivity index (χ1n) is 11.9. The van der Waals surface area contributed by atoms with Crippen molar-refractivity contribution in [1.29, 1.82) is 0 Å². The Morgan fingerprint density at radius 1 is 0.720 bits per heavy atom. The largest absolute Gasteiger partial charge is 0.0654 e. The van der Waals surface area contributed by atoms with Crippen molar-refractivity contribution in [3.05, 3.63) is 0 Å². The molecule has 9 atom stereocenters. The average Bonchev–Trinajstić information content (AvgIpc) is 2.60. The third-order valence-corrected chi connectivity index (χ3v) is 8.99. The average molecular weight is 349 g/mol. The van der Waals surface area contributed by atoms with Gasteiger partial charge in [0.05, 0.1) is 0 Å². The van der Waals surface area contributed by atoms with Gasteiger partial charge in [-0.2, -0.15) is 0 Å². The fourth-order valence-electron chi connectivity index (χ4n) is 5.92. The van der Waals surface area contributed by atoms with Crippen molar-refractivity contribution < 1.29 is 0 Å². The Labute approximate surface area is 159 Å². The van der Waals surface area contributed by atoms with Crippen LogP contribution in [0.25, 0.3) is 0 Å². The smallest absolute Gasteiger partial charge is 0.0352 e. The molecule has 0 amide bonds. The van der Waals surface area contributed by atoms with Gasteiger partial charge in [0.1, 0.15) is 0 Å². The highest BCUT2D eigenvalue weighted by Gasteiger charge is 2.40. The number of hydrogen-bond donors (Lipinski definition) is 0. The van der Waals surface area contributed by atoms with E-state index in [0.717, 1.165) is 53.3 Å². The minimum atomic E-state index is 0.899. The highest BCUT2D eigenvalue weighted by Crippen LogP contribution is 2.49. The van der Waals surface area contributed by atoms with E-state index < -0.39 is 0 Å². The van der Waals surface area contributed by atoms with Gasteiger partial charge in [-0.15, -0.1) is 0 Å². The summed E-state index contributed by atoms with van der Waals surface area (Å²) in [6, 6.07) is 0. The van der Waals surface area contributed by atoms with Gasteiger partial charge in [-0.1, -0.05) is 80.6 Å². The van der Waals surface area contributed by atoms with E-state index in [2.05, 4.69) is 48.5 Å². The first-order valence-corrected chi connectivity index (χ1v) is 11.9. The molecule has 0 bridgehead atoms. The summed E-state index contributed by atoms with van der Waals surface area (Å²) in [7, 11) is 0. The molecule has 0 aromatic rings. The van der Waals surface area contributed by atoms with Crippen LogP contribution in [0.5, 0.6) is 0 Å². The number of hydrogen-bond acceptors (Lipinski definition) is 0. The summed E-state index contributed by atoms with van der Waals surface area (Å²) in [5.41, 5.74) is 0. The van der Waals surface area contributed by atoms with Crippen molar-refractivity contribution in [3.63, 3.8) is 0 Å². The van der Waals surface area contributed by atoms with Crippen LogP contribution in [0.3, 0.4) is 0 Å². The Morgan fingerprint density at radius 2 is 1.24 bits per heavy atom. The molecule has 2 saturated carbocycles. The molecule has 2 fully saturated rings. The van der Waals surface area contributed by atoms with Crippen LogP contribution in [0.1, 0.15) is 106 Å². The van der Waals surface area contributed by atoms with Crippen LogP contribution in [0, 0.1) is 53.3 Å². The van der Waals surface area contributed by atoms with Gasteiger partial charge in [-0.05, 0) is 78.9 Å². The van der Waals surface area contributed by atoms with Gasteiger partial charge in [-0.25, -0.2) is 0 Å². The van der Waals surface area contributed by atoms with Gasteiger partial charge in [0.2, 0.25) is 0 Å². The lowest BCUT2D eigenvalue weighted by atomic mass is 9.59. The Bertz CT molecular complexity index is 372. The molecular weight excluding hydrogens is 300 g/mol. The van der Waals surface area contributed by atoms with Crippen molar-refractivity contribution in [2.24, 2.45) is 53.3 Å². The van der Waals surface area contributed by atoms with E-state index in [1.54, 1.807) is 0 Å². The monoisotopic (exact) mass is 348 g/mol. The van der Waals surface area contributed by atoms with E-state index in [4.69, 9.17) is 0 Å². The zero-order valence-electron chi connectivity index (χ0n) is 18.6. The van der Waals surface area contributed by atoms with Crippen molar-refractivity contribution >= 4 is 0 Å². The molecule has 2 aliphatic carbocycles. The molecule has 0 aromatic carbocycles. The zero-order chi connectivity index (χ0) is 18.6. The normalized spacial score (nSPS) is 35.2. The van der Waals surface area contributed by atoms with Crippen molar-refractivity contribution in [2.45, 2.75) is 106 Å². The van der Waals surface area contributed by atoms with E-state index in [9.17, 15) is 0 Å². The van der Waals surface area contributed by atoms with E-state index in [0.29, 0.717) is 0 Å². The Balaban J connectivity index is 2.14. The van der Waals surface area contributed by atoms with Crippen molar-refractivity contribution in [2.75, 3.05) is 0 Å². The molecule has 2 rings (SSSR count). The van der Waals surface area contributed by atoms with Gasteiger partial charge < -0.3 is 0 Å². The molecule has 0 aliphatic heterocycles.